The number of benzene rings is 1. The van der Waals surface area contributed by atoms with Gasteiger partial charge in [0.1, 0.15) is 0 Å². The highest BCUT2D eigenvalue weighted by molar-refractivity contribution is 8.18. The van der Waals surface area contributed by atoms with Gasteiger partial charge in [0.25, 0.3) is 11.1 Å². The van der Waals surface area contributed by atoms with Gasteiger partial charge in [-0.25, -0.2) is 8.42 Å². The molecule has 3 heterocycles. The maximum atomic E-state index is 12.7. The number of imide groups is 1. The lowest BCUT2D eigenvalue weighted by atomic mass is 10.3. The molecule has 32 heavy (non-hydrogen) atoms. The average molecular weight is 492 g/mol. The summed E-state index contributed by atoms with van der Waals surface area (Å²) in [7, 11) is -3.59. The van der Waals surface area contributed by atoms with E-state index < -0.39 is 10.0 Å². The molecule has 8 nitrogen and oxygen atoms in total. The summed E-state index contributed by atoms with van der Waals surface area (Å²) in [4.78, 5) is 41.5. The monoisotopic (exact) mass is 491 g/mol. The van der Waals surface area contributed by atoms with E-state index in [0.29, 0.717) is 4.91 Å². The number of piperazine rings is 1. The van der Waals surface area contributed by atoms with Gasteiger partial charge in [0, 0.05) is 44.0 Å². The minimum Gasteiger partial charge on any atom is -0.340 e. The quantitative estimate of drug-likeness (QED) is 0.577. The third-order valence-electron chi connectivity index (χ3n) is 5.21. The summed E-state index contributed by atoms with van der Waals surface area (Å²) in [6.07, 6.45) is 1.69. The van der Waals surface area contributed by atoms with Crippen molar-refractivity contribution >= 4 is 56.3 Å². The molecule has 2 aromatic rings. The number of carbonyl (C=O) groups excluding carboxylic acids is 3. The molecule has 0 aliphatic carbocycles. The summed E-state index contributed by atoms with van der Waals surface area (Å²) in [6, 6.07) is 11.9. The van der Waals surface area contributed by atoms with Crippen molar-refractivity contribution in [2.45, 2.75) is 11.3 Å². The van der Waals surface area contributed by atoms with Gasteiger partial charge in [0.05, 0.1) is 9.80 Å². The van der Waals surface area contributed by atoms with Gasteiger partial charge in [-0.15, -0.1) is 11.3 Å². The maximum absolute atomic E-state index is 12.7. The molecule has 1 aromatic carbocycles. The van der Waals surface area contributed by atoms with E-state index in [9.17, 15) is 22.8 Å². The lowest BCUT2D eigenvalue weighted by Gasteiger charge is -2.34. The normalized spacial score (nSPS) is 19.2. The topological polar surface area (TPSA) is 95.1 Å². The van der Waals surface area contributed by atoms with Crippen molar-refractivity contribution < 1.29 is 22.8 Å². The van der Waals surface area contributed by atoms with Crippen LogP contribution in [0.15, 0.2) is 57.6 Å². The standard InChI is InChI=1S/C21H21N3O5S3/c25-19(8-9-24-20(26)18(31-21(24)27)15-16-5-4-14-30-16)22-10-12-23(13-11-22)32(28,29)17-6-2-1-3-7-17/h1-7,14-15H,8-13H2/b18-15-. The smallest absolute Gasteiger partial charge is 0.293 e. The fourth-order valence-electron chi connectivity index (χ4n) is 3.48. The van der Waals surface area contributed by atoms with Crippen molar-refractivity contribution in [1.29, 1.82) is 0 Å². The number of hydrogen-bond donors (Lipinski definition) is 0. The molecule has 168 valence electrons. The molecule has 1 aromatic heterocycles. The molecule has 0 atom stereocenters. The molecular formula is C21H21N3O5S3. The Balaban J connectivity index is 1.30. The van der Waals surface area contributed by atoms with E-state index >= 15 is 0 Å². The van der Waals surface area contributed by atoms with Crippen molar-refractivity contribution in [2.75, 3.05) is 32.7 Å². The molecule has 2 aliphatic heterocycles. The highest BCUT2D eigenvalue weighted by Crippen LogP contribution is 2.33. The number of thioether (sulfide) groups is 1. The molecule has 0 N–H and O–H groups in total. The molecule has 3 amide bonds. The second-order valence-electron chi connectivity index (χ2n) is 7.20. The van der Waals surface area contributed by atoms with E-state index in [4.69, 9.17) is 0 Å². The number of hydrogen-bond acceptors (Lipinski definition) is 7. The fraction of sp³-hybridized carbons (Fsp3) is 0.286. The average Bonchev–Trinajstić information content (AvgIpc) is 3.41. The Labute approximate surface area is 194 Å². The van der Waals surface area contributed by atoms with Gasteiger partial charge in [-0.3, -0.25) is 19.3 Å². The Bertz CT molecular complexity index is 1140. The summed E-state index contributed by atoms with van der Waals surface area (Å²) in [6.45, 7) is 0.951. The molecule has 11 heteroatoms. The highest BCUT2D eigenvalue weighted by atomic mass is 32.2. The summed E-state index contributed by atoms with van der Waals surface area (Å²) >= 11 is 2.35. The zero-order valence-electron chi connectivity index (χ0n) is 17.0. The number of carbonyl (C=O) groups is 3. The zero-order valence-corrected chi connectivity index (χ0v) is 19.5. The minimum atomic E-state index is -3.59. The van der Waals surface area contributed by atoms with E-state index in [1.54, 1.807) is 41.3 Å². The second-order valence-corrected chi connectivity index (χ2v) is 11.1. The van der Waals surface area contributed by atoms with Crippen molar-refractivity contribution in [3.63, 3.8) is 0 Å². The Kier molecular flexibility index (Phi) is 6.79. The molecular weight excluding hydrogens is 470 g/mol. The third kappa shape index (κ3) is 4.80. The number of amides is 3. The first kappa shape index (κ1) is 22.7. The van der Waals surface area contributed by atoms with Crippen LogP contribution in [0.2, 0.25) is 0 Å². The minimum absolute atomic E-state index is 0.00775. The van der Waals surface area contributed by atoms with Crippen LogP contribution in [0, 0.1) is 0 Å². The van der Waals surface area contributed by atoms with Gasteiger partial charge >= 0.3 is 0 Å². The number of sulfonamides is 1. The van der Waals surface area contributed by atoms with Gasteiger partial charge in [0.15, 0.2) is 0 Å². The lowest BCUT2D eigenvalue weighted by molar-refractivity contribution is -0.133. The van der Waals surface area contributed by atoms with Crippen LogP contribution in [-0.2, 0) is 19.6 Å². The molecule has 4 rings (SSSR count). The van der Waals surface area contributed by atoms with Gasteiger partial charge in [-0.2, -0.15) is 4.31 Å². The van der Waals surface area contributed by atoms with E-state index in [1.807, 2.05) is 17.5 Å². The number of thiophene rings is 1. The van der Waals surface area contributed by atoms with Crippen molar-refractivity contribution in [3.8, 4) is 0 Å². The van der Waals surface area contributed by atoms with Crippen molar-refractivity contribution in [1.82, 2.24) is 14.1 Å². The van der Waals surface area contributed by atoms with E-state index in [-0.39, 0.29) is 61.1 Å². The SMILES string of the molecule is O=C(CCN1C(=O)S/C(=C\c2cccs2)C1=O)N1CCN(S(=O)(=O)c2ccccc2)CC1. The third-order valence-corrected chi connectivity index (χ3v) is 8.85. The van der Waals surface area contributed by atoms with Crippen LogP contribution in [0.5, 0.6) is 0 Å². The Morgan fingerprint density at radius 2 is 1.72 bits per heavy atom. The summed E-state index contributed by atoms with van der Waals surface area (Å²) < 4.78 is 26.8. The first-order valence-corrected chi connectivity index (χ1v) is 13.1. The van der Waals surface area contributed by atoms with Crippen LogP contribution < -0.4 is 0 Å². The molecule has 2 fully saturated rings. The number of nitrogens with zero attached hydrogens (tertiary/aromatic N) is 3. The molecule has 0 spiro atoms. The largest absolute Gasteiger partial charge is 0.340 e. The van der Waals surface area contributed by atoms with Crippen LogP contribution in [0.25, 0.3) is 6.08 Å². The predicted molar refractivity (Wildman–Crippen MR) is 123 cm³/mol. The van der Waals surface area contributed by atoms with Crippen LogP contribution in [0.4, 0.5) is 4.79 Å². The molecule has 0 radical (unpaired) electrons. The Hall–Kier alpha value is -2.47. The van der Waals surface area contributed by atoms with Crippen LogP contribution in [0.1, 0.15) is 11.3 Å². The Morgan fingerprint density at radius 1 is 1.00 bits per heavy atom. The van der Waals surface area contributed by atoms with Crippen LogP contribution in [0.3, 0.4) is 0 Å². The molecule has 2 saturated heterocycles. The molecule has 0 unspecified atom stereocenters. The summed E-state index contributed by atoms with van der Waals surface area (Å²) in [5.41, 5.74) is 0. The Morgan fingerprint density at radius 3 is 2.38 bits per heavy atom. The summed E-state index contributed by atoms with van der Waals surface area (Å²) in [5, 5.41) is 1.50. The van der Waals surface area contributed by atoms with Gasteiger partial charge < -0.3 is 4.90 Å². The van der Waals surface area contributed by atoms with Gasteiger partial charge in [-0.05, 0) is 41.4 Å². The van der Waals surface area contributed by atoms with Gasteiger partial charge in [-0.1, -0.05) is 24.3 Å². The maximum Gasteiger partial charge on any atom is 0.293 e. The second kappa shape index (κ2) is 9.57. The van der Waals surface area contributed by atoms with E-state index in [1.165, 1.54) is 15.6 Å². The van der Waals surface area contributed by atoms with Crippen molar-refractivity contribution in [2.24, 2.45) is 0 Å². The molecule has 0 bridgehead atoms. The zero-order chi connectivity index (χ0) is 22.7. The first-order valence-electron chi connectivity index (χ1n) is 9.98. The number of rotatable bonds is 6. The first-order chi connectivity index (χ1) is 15.4. The molecule has 0 saturated carbocycles. The van der Waals surface area contributed by atoms with E-state index in [0.717, 1.165) is 21.5 Å². The predicted octanol–water partition coefficient (Wildman–Crippen LogP) is 2.71. The highest BCUT2D eigenvalue weighted by Gasteiger charge is 2.36. The van der Waals surface area contributed by atoms with Crippen molar-refractivity contribution in [3.05, 3.63) is 57.6 Å². The molecule has 2 aliphatic rings. The van der Waals surface area contributed by atoms with Crippen LogP contribution >= 0.6 is 23.1 Å². The van der Waals surface area contributed by atoms with Gasteiger partial charge in [0.2, 0.25) is 15.9 Å². The van der Waals surface area contributed by atoms with Crippen LogP contribution in [-0.4, -0.2) is 72.3 Å². The fourth-order valence-corrected chi connectivity index (χ4v) is 6.51. The van der Waals surface area contributed by atoms with E-state index in [2.05, 4.69) is 0 Å². The lowest BCUT2D eigenvalue weighted by Crippen LogP contribution is -2.51. The summed E-state index contributed by atoms with van der Waals surface area (Å²) in [5.74, 6) is -0.594.